The Labute approximate surface area is 167 Å². The molecule has 0 atom stereocenters. The Morgan fingerprint density at radius 1 is 0.926 bits per heavy atom. The number of carbonyl (C=O) groups is 2. The summed E-state index contributed by atoms with van der Waals surface area (Å²) < 4.78 is 11.3. The Hall–Kier alpha value is -0.940. The highest BCUT2D eigenvalue weighted by molar-refractivity contribution is 5.82. The fourth-order valence-electron chi connectivity index (χ4n) is 3.90. The van der Waals surface area contributed by atoms with E-state index < -0.39 is 0 Å². The second kappa shape index (κ2) is 13.3. The maximum atomic E-state index is 11.5. The Morgan fingerprint density at radius 2 is 1.48 bits per heavy atom. The van der Waals surface area contributed by atoms with Crippen molar-refractivity contribution in [1.29, 1.82) is 0 Å². The van der Waals surface area contributed by atoms with Crippen molar-refractivity contribution in [2.24, 2.45) is 17.6 Å². The average molecular weight is 386 g/mol. The molecule has 5 heteroatoms. The molecule has 2 rings (SSSR count). The van der Waals surface area contributed by atoms with Gasteiger partial charge >= 0.3 is 0 Å². The number of hydrogen-bond donors (Lipinski definition) is 1. The van der Waals surface area contributed by atoms with Gasteiger partial charge in [0.15, 0.2) is 0 Å². The highest BCUT2D eigenvalue weighted by Gasteiger charge is 2.23. The molecule has 0 aliphatic heterocycles. The number of ketones is 1. The summed E-state index contributed by atoms with van der Waals surface area (Å²) in [6.45, 7) is 8.61. The van der Waals surface area contributed by atoms with Crippen LogP contribution in [0.4, 0.5) is 0 Å². The SMILES string of the molecule is CC(C)C(=O)C1CCCCC1.CC(C)OC1CCC(OCCC(N)=O)CC1.[HH]. The van der Waals surface area contributed by atoms with Crippen molar-refractivity contribution in [2.75, 3.05) is 6.61 Å². The first-order chi connectivity index (χ1) is 12.8. The number of primary amides is 1. The van der Waals surface area contributed by atoms with E-state index in [9.17, 15) is 9.59 Å². The zero-order valence-electron chi connectivity index (χ0n) is 17.9. The third-order valence-electron chi connectivity index (χ3n) is 5.36. The fraction of sp³-hybridized carbons (Fsp3) is 0.909. The van der Waals surface area contributed by atoms with Crippen molar-refractivity contribution in [1.82, 2.24) is 0 Å². The summed E-state index contributed by atoms with van der Waals surface area (Å²) in [5.74, 6) is 0.850. The smallest absolute Gasteiger partial charge is 0.219 e. The minimum atomic E-state index is -0.295. The minimum absolute atomic E-state index is 0. The maximum Gasteiger partial charge on any atom is 0.219 e. The van der Waals surface area contributed by atoms with E-state index in [1.54, 1.807) is 0 Å². The van der Waals surface area contributed by atoms with Crippen LogP contribution >= 0.6 is 0 Å². The molecule has 2 saturated carbocycles. The van der Waals surface area contributed by atoms with E-state index >= 15 is 0 Å². The number of Topliss-reactive ketones (excluding diaryl/α,β-unsaturated/α-hetero) is 1. The van der Waals surface area contributed by atoms with Crippen molar-refractivity contribution in [3.8, 4) is 0 Å². The largest absolute Gasteiger partial charge is 0.378 e. The molecule has 2 fully saturated rings. The predicted octanol–water partition coefficient (Wildman–Crippen LogP) is 4.65. The maximum absolute atomic E-state index is 11.5. The first-order valence-corrected chi connectivity index (χ1v) is 10.9. The van der Waals surface area contributed by atoms with Crippen molar-refractivity contribution in [3.63, 3.8) is 0 Å². The van der Waals surface area contributed by atoms with Crippen LogP contribution in [0.5, 0.6) is 0 Å². The minimum Gasteiger partial charge on any atom is -0.378 e. The average Bonchev–Trinajstić information content (AvgIpc) is 2.63. The Kier molecular flexibility index (Phi) is 11.8. The van der Waals surface area contributed by atoms with Crippen LogP contribution in [0.1, 0.15) is 93.3 Å². The molecule has 27 heavy (non-hydrogen) atoms. The van der Waals surface area contributed by atoms with Gasteiger partial charge in [-0.05, 0) is 52.4 Å². The molecule has 2 aliphatic rings. The number of carbonyl (C=O) groups excluding carboxylic acids is 2. The van der Waals surface area contributed by atoms with Gasteiger partial charge in [-0.2, -0.15) is 0 Å². The van der Waals surface area contributed by atoms with E-state index in [1.165, 1.54) is 19.3 Å². The zero-order valence-corrected chi connectivity index (χ0v) is 17.9. The molecule has 160 valence electrons. The Bertz CT molecular complexity index is 428. The van der Waals surface area contributed by atoms with E-state index in [-0.39, 0.29) is 19.4 Å². The predicted molar refractivity (Wildman–Crippen MR) is 111 cm³/mol. The van der Waals surface area contributed by atoms with Gasteiger partial charge in [0.25, 0.3) is 0 Å². The van der Waals surface area contributed by atoms with Gasteiger partial charge in [-0.3, -0.25) is 9.59 Å². The van der Waals surface area contributed by atoms with Crippen LogP contribution in [0.15, 0.2) is 0 Å². The Balaban J connectivity index is 0.000000535. The van der Waals surface area contributed by atoms with Gasteiger partial charge in [0, 0.05) is 19.7 Å². The molecule has 2 aliphatic carbocycles. The van der Waals surface area contributed by atoms with Gasteiger partial charge in [-0.1, -0.05) is 33.1 Å². The van der Waals surface area contributed by atoms with Gasteiger partial charge < -0.3 is 15.2 Å². The molecule has 0 aromatic heterocycles. The van der Waals surface area contributed by atoms with Crippen molar-refractivity contribution in [3.05, 3.63) is 0 Å². The summed E-state index contributed by atoms with van der Waals surface area (Å²) in [7, 11) is 0. The van der Waals surface area contributed by atoms with E-state index in [2.05, 4.69) is 13.8 Å². The van der Waals surface area contributed by atoms with Crippen molar-refractivity contribution < 1.29 is 20.5 Å². The summed E-state index contributed by atoms with van der Waals surface area (Å²) >= 11 is 0. The standard InChI is InChI=1S/C12H23NO3.C10H18O.H2/c1-9(2)16-11-5-3-10(4-6-11)15-8-7-12(13)14;1-8(2)10(11)9-6-4-3-5-7-9;/h9-11H,3-8H2,1-2H3,(H2,13,14);8-9H,3-7H2,1-2H3;1H. The monoisotopic (exact) mass is 385 g/mol. The van der Waals surface area contributed by atoms with Crippen molar-refractivity contribution >= 4 is 11.7 Å². The molecular weight excluding hydrogens is 342 g/mol. The molecule has 0 heterocycles. The number of ether oxygens (including phenoxy) is 2. The van der Waals surface area contributed by atoms with Gasteiger partial charge in [0.1, 0.15) is 5.78 Å². The van der Waals surface area contributed by atoms with Crippen LogP contribution in [-0.4, -0.2) is 36.6 Å². The van der Waals surface area contributed by atoms with E-state index in [4.69, 9.17) is 15.2 Å². The first kappa shape index (κ1) is 24.1. The number of rotatable bonds is 8. The third kappa shape index (κ3) is 10.8. The van der Waals surface area contributed by atoms with Crippen LogP contribution < -0.4 is 5.73 Å². The molecule has 0 spiro atoms. The summed E-state index contributed by atoms with van der Waals surface area (Å²) in [4.78, 5) is 22.0. The molecule has 5 nitrogen and oxygen atoms in total. The number of amides is 1. The molecular formula is C22H43NO4. The highest BCUT2D eigenvalue weighted by Crippen LogP contribution is 2.26. The molecule has 1 amide bonds. The fourth-order valence-corrected chi connectivity index (χ4v) is 3.90. The van der Waals surface area contributed by atoms with Crippen molar-refractivity contribution in [2.45, 2.75) is 110 Å². The topological polar surface area (TPSA) is 78.6 Å². The lowest BCUT2D eigenvalue weighted by atomic mass is 9.83. The van der Waals surface area contributed by atoms with Crippen LogP contribution in [-0.2, 0) is 19.1 Å². The van der Waals surface area contributed by atoms with Crippen LogP contribution in [0.2, 0.25) is 0 Å². The molecule has 0 radical (unpaired) electrons. The zero-order chi connectivity index (χ0) is 20.2. The van der Waals surface area contributed by atoms with Crippen LogP contribution in [0.3, 0.4) is 0 Å². The van der Waals surface area contributed by atoms with Crippen LogP contribution in [0, 0.1) is 11.8 Å². The van der Waals surface area contributed by atoms with Gasteiger partial charge in [-0.15, -0.1) is 0 Å². The lowest BCUT2D eigenvalue weighted by Gasteiger charge is -2.29. The second-order valence-electron chi connectivity index (χ2n) is 8.56. The summed E-state index contributed by atoms with van der Waals surface area (Å²) in [6.07, 6.45) is 11.6. The molecule has 0 saturated heterocycles. The van der Waals surface area contributed by atoms with Crippen LogP contribution in [0.25, 0.3) is 0 Å². The summed E-state index contributed by atoms with van der Waals surface area (Å²) in [5, 5.41) is 0. The normalized spacial score (nSPS) is 23.8. The molecule has 2 N–H and O–H groups in total. The summed E-state index contributed by atoms with van der Waals surface area (Å²) in [6, 6.07) is 0. The van der Waals surface area contributed by atoms with E-state index in [1.807, 2.05) is 13.8 Å². The molecule has 0 aromatic carbocycles. The highest BCUT2D eigenvalue weighted by atomic mass is 16.5. The molecule has 0 bridgehead atoms. The molecule has 0 unspecified atom stereocenters. The lowest BCUT2D eigenvalue weighted by Crippen LogP contribution is -2.29. The number of nitrogens with two attached hydrogens (primary N) is 1. The third-order valence-corrected chi connectivity index (χ3v) is 5.36. The molecule has 0 aromatic rings. The van der Waals surface area contributed by atoms with Gasteiger partial charge in [-0.25, -0.2) is 0 Å². The first-order valence-electron chi connectivity index (χ1n) is 10.9. The number of hydrogen-bond acceptors (Lipinski definition) is 4. The Morgan fingerprint density at radius 3 is 1.96 bits per heavy atom. The summed E-state index contributed by atoms with van der Waals surface area (Å²) in [5.41, 5.74) is 5.05. The quantitative estimate of drug-likeness (QED) is 0.659. The van der Waals surface area contributed by atoms with E-state index in [0.717, 1.165) is 38.5 Å². The van der Waals surface area contributed by atoms with E-state index in [0.29, 0.717) is 36.9 Å². The van der Waals surface area contributed by atoms with Gasteiger partial charge in [0.05, 0.1) is 24.9 Å². The second-order valence-corrected chi connectivity index (χ2v) is 8.56. The lowest BCUT2D eigenvalue weighted by molar-refractivity contribution is -0.126. The van der Waals surface area contributed by atoms with Gasteiger partial charge in [0.2, 0.25) is 5.91 Å².